The Balaban J connectivity index is 0.842. The summed E-state index contributed by atoms with van der Waals surface area (Å²) in [5, 5.41) is 0. The molecule has 8 nitrogen and oxygen atoms in total. The van der Waals surface area contributed by atoms with Crippen LogP contribution in [0.1, 0.15) is 136 Å². The molecule has 6 atom stereocenters. The third-order valence-corrected chi connectivity index (χ3v) is 14.6. The van der Waals surface area contributed by atoms with Crippen molar-refractivity contribution < 1.29 is 28.7 Å². The second-order valence-electron chi connectivity index (χ2n) is 17.5. The lowest BCUT2D eigenvalue weighted by Gasteiger charge is -2.47. The molecule has 2 heterocycles. The first-order valence-corrected chi connectivity index (χ1v) is 19.5. The summed E-state index contributed by atoms with van der Waals surface area (Å²) in [4.78, 5) is 54.7. The van der Waals surface area contributed by atoms with Crippen molar-refractivity contribution in [2.24, 2.45) is 46.8 Å². The minimum Gasteiger partial charge on any atom is -0.375 e. The average molecular weight is 653 g/mol. The van der Waals surface area contributed by atoms with Crippen molar-refractivity contribution in [1.29, 1.82) is 0 Å². The Morgan fingerprint density at radius 3 is 1.43 bits per heavy atom. The molecule has 8 heteroatoms. The summed E-state index contributed by atoms with van der Waals surface area (Å²) < 4.78 is 13.3. The molecular weight excluding hydrogens is 592 g/mol. The molecule has 7 rings (SSSR count). The van der Waals surface area contributed by atoms with E-state index in [-0.39, 0.29) is 83.2 Å². The van der Waals surface area contributed by atoms with Crippen LogP contribution in [0.2, 0.25) is 0 Å². The van der Waals surface area contributed by atoms with E-state index in [1.54, 1.807) is 11.9 Å². The fourth-order valence-corrected chi connectivity index (χ4v) is 11.3. The summed E-state index contributed by atoms with van der Waals surface area (Å²) in [5.74, 6) is 1.71. The van der Waals surface area contributed by atoms with Crippen LogP contribution in [-0.4, -0.2) is 70.9 Å². The third kappa shape index (κ3) is 6.48. The molecule has 2 saturated heterocycles. The van der Waals surface area contributed by atoms with Crippen molar-refractivity contribution in [2.75, 3.05) is 7.05 Å². The van der Waals surface area contributed by atoms with Gasteiger partial charge in [-0.1, -0.05) is 20.8 Å². The van der Waals surface area contributed by atoms with Crippen LogP contribution in [0, 0.1) is 46.8 Å². The molecule has 0 N–H and O–H groups in total. The number of likely N-dealkylation sites (tertiary alicyclic amines) is 2. The molecule has 7 aliphatic rings. The fraction of sp³-hybridized carbons (Fsp3) is 0.897. The molecule has 0 aromatic carbocycles. The Labute approximate surface area is 282 Å². The topological polar surface area (TPSA) is 93.2 Å². The number of hydrogen-bond acceptors (Lipinski definition) is 6. The van der Waals surface area contributed by atoms with Crippen molar-refractivity contribution >= 4 is 23.6 Å². The van der Waals surface area contributed by atoms with Crippen molar-refractivity contribution in [2.45, 2.75) is 167 Å². The second-order valence-corrected chi connectivity index (χ2v) is 17.5. The van der Waals surface area contributed by atoms with Gasteiger partial charge < -0.3 is 9.47 Å². The van der Waals surface area contributed by atoms with Crippen molar-refractivity contribution in [3.05, 3.63) is 0 Å². The first-order chi connectivity index (χ1) is 22.5. The van der Waals surface area contributed by atoms with E-state index in [2.05, 4.69) is 20.8 Å². The van der Waals surface area contributed by atoms with Crippen LogP contribution in [0.5, 0.6) is 0 Å². The molecule has 2 aliphatic heterocycles. The zero-order chi connectivity index (χ0) is 33.0. The Kier molecular flexibility index (Phi) is 9.67. The van der Waals surface area contributed by atoms with Crippen molar-refractivity contribution in [1.82, 2.24) is 9.80 Å². The molecule has 7 fully saturated rings. The summed E-state index contributed by atoms with van der Waals surface area (Å²) in [5.41, 5.74) is 0.282. The second kappa shape index (κ2) is 13.5. The predicted molar refractivity (Wildman–Crippen MR) is 178 cm³/mol. The predicted octanol–water partition coefficient (Wildman–Crippen LogP) is 6.68. The summed E-state index contributed by atoms with van der Waals surface area (Å²) in [6.45, 7) is 7.27. The number of amides is 4. The Morgan fingerprint density at radius 1 is 0.511 bits per heavy atom. The highest BCUT2D eigenvalue weighted by atomic mass is 16.5. The number of nitrogens with zero attached hydrogens (tertiary/aromatic N) is 2. The first-order valence-electron chi connectivity index (χ1n) is 19.5. The van der Waals surface area contributed by atoms with E-state index in [1.807, 2.05) is 0 Å². The van der Waals surface area contributed by atoms with E-state index in [1.165, 1.54) is 30.6 Å². The smallest absolute Gasteiger partial charge is 0.233 e. The molecule has 0 spiro atoms. The standard InChI is InChI=1S/C39H60N2O6/c1-23-5-11-26(12-6-23)41-37(44)32-20-18-30(22-34(32)38(41)45)47-28-15-9-25(10-16-28)39(2,3)24-7-13-27(14-8-24)46-29-17-19-31-33(21-29)36(43)40(4)35(31)42/h23-34H,5-22H2,1-4H3. The normalized spacial score (nSPS) is 43.3. The van der Waals surface area contributed by atoms with Crippen LogP contribution in [0.25, 0.3) is 0 Å². The summed E-state index contributed by atoms with van der Waals surface area (Å²) in [6.07, 6.45) is 18.9. The number of carbonyl (C=O) groups is 4. The maximum atomic E-state index is 13.5. The monoisotopic (exact) mass is 652 g/mol. The quantitative estimate of drug-likeness (QED) is 0.285. The molecule has 5 saturated carbocycles. The first kappa shape index (κ1) is 33.7. The van der Waals surface area contributed by atoms with Gasteiger partial charge in [0.2, 0.25) is 23.6 Å². The fourth-order valence-electron chi connectivity index (χ4n) is 11.3. The molecule has 0 radical (unpaired) electrons. The molecule has 47 heavy (non-hydrogen) atoms. The summed E-state index contributed by atoms with van der Waals surface area (Å²) >= 11 is 0. The number of carbonyl (C=O) groups excluding carboxylic acids is 4. The van der Waals surface area contributed by atoms with Gasteiger partial charge in [-0.2, -0.15) is 0 Å². The average Bonchev–Trinajstić information content (AvgIpc) is 3.44. The van der Waals surface area contributed by atoms with E-state index in [0.717, 1.165) is 83.5 Å². The lowest BCUT2D eigenvalue weighted by Crippen LogP contribution is -2.42. The van der Waals surface area contributed by atoms with Gasteiger partial charge in [0.25, 0.3) is 0 Å². The van der Waals surface area contributed by atoms with Gasteiger partial charge in [0.15, 0.2) is 0 Å². The molecule has 0 aromatic rings. The zero-order valence-electron chi connectivity index (χ0n) is 29.5. The van der Waals surface area contributed by atoms with Gasteiger partial charge in [0.05, 0.1) is 48.1 Å². The summed E-state index contributed by atoms with van der Waals surface area (Å²) in [6, 6.07) is 0.122. The van der Waals surface area contributed by atoms with Gasteiger partial charge in [-0.3, -0.25) is 29.0 Å². The van der Waals surface area contributed by atoms with Crippen LogP contribution >= 0.6 is 0 Å². The largest absolute Gasteiger partial charge is 0.375 e. The number of hydrogen-bond donors (Lipinski definition) is 0. The van der Waals surface area contributed by atoms with Crippen LogP contribution in [-0.2, 0) is 28.7 Å². The van der Waals surface area contributed by atoms with E-state index in [4.69, 9.17) is 9.47 Å². The molecule has 262 valence electrons. The molecule has 0 bridgehead atoms. The maximum absolute atomic E-state index is 13.5. The highest BCUT2D eigenvalue weighted by Crippen LogP contribution is 2.50. The van der Waals surface area contributed by atoms with Crippen LogP contribution < -0.4 is 0 Å². The van der Waals surface area contributed by atoms with Crippen molar-refractivity contribution in [3.8, 4) is 0 Å². The molecule has 6 unspecified atom stereocenters. The van der Waals surface area contributed by atoms with E-state index >= 15 is 0 Å². The van der Waals surface area contributed by atoms with Gasteiger partial charge in [-0.15, -0.1) is 0 Å². The van der Waals surface area contributed by atoms with Crippen LogP contribution in [0.15, 0.2) is 0 Å². The Morgan fingerprint density at radius 2 is 0.915 bits per heavy atom. The SMILES string of the molecule is CC1CCC(N2C(=O)C3CCC(OC4CCC(C(C)(C)C5CCC(OC6CCC7C(=O)N(C)C(=O)C7C6)CC5)CC4)CC3C2=O)CC1. The lowest BCUT2D eigenvalue weighted by atomic mass is 9.60. The van der Waals surface area contributed by atoms with Gasteiger partial charge in [0, 0.05) is 13.1 Å². The van der Waals surface area contributed by atoms with Crippen LogP contribution in [0.3, 0.4) is 0 Å². The molecule has 5 aliphatic carbocycles. The third-order valence-electron chi connectivity index (χ3n) is 14.6. The van der Waals surface area contributed by atoms with Gasteiger partial charge in [-0.05, 0) is 139 Å². The maximum Gasteiger partial charge on any atom is 0.233 e. The minimum absolute atomic E-state index is 0.00281. The Hall–Kier alpha value is -1.80. The minimum atomic E-state index is -0.175. The van der Waals surface area contributed by atoms with Gasteiger partial charge >= 0.3 is 0 Å². The van der Waals surface area contributed by atoms with Crippen LogP contribution in [0.4, 0.5) is 0 Å². The van der Waals surface area contributed by atoms with Crippen molar-refractivity contribution in [3.63, 3.8) is 0 Å². The number of ether oxygens (including phenoxy) is 2. The van der Waals surface area contributed by atoms with E-state index < -0.39 is 0 Å². The van der Waals surface area contributed by atoms with E-state index in [9.17, 15) is 19.2 Å². The van der Waals surface area contributed by atoms with Gasteiger partial charge in [-0.25, -0.2) is 0 Å². The summed E-state index contributed by atoms with van der Waals surface area (Å²) in [7, 11) is 1.63. The lowest BCUT2D eigenvalue weighted by molar-refractivity contribution is -0.144. The molecule has 0 aromatic heterocycles. The number of fused-ring (bicyclic) bond motifs is 2. The van der Waals surface area contributed by atoms with Gasteiger partial charge in [0.1, 0.15) is 0 Å². The Bertz CT molecular complexity index is 1190. The highest BCUT2D eigenvalue weighted by molar-refractivity contribution is 6.06. The van der Waals surface area contributed by atoms with E-state index in [0.29, 0.717) is 24.2 Å². The number of imide groups is 2. The number of rotatable bonds is 7. The zero-order valence-corrected chi connectivity index (χ0v) is 29.5. The molecule has 4 amide bonds. The molecular formula is C39H60N2O6. The highest BCUT2D eigenvalue weighted by Gasteiger charge is 2.53.